The van der Waals surface area contributed by atoms with Gasteiger partial charge in [-0.1, -0.05) is 12.1 Å². The summed E-state index contributed by atoms with van der Waals surface area (Å²) in [5.41, 5.74) is 0.475. The Balaban J connectivity index is 2.08. The van der Waals surface area contributed by atoms with Crippen molar-refractivity contribution in [2.75, 3.05) is 12.8 Å². The van der Waals surface area contributed by atoms with E-state index in [-0.39, 0.29) is 29.7 Å². The maximum Gasteiger partial charge on any atom is 0.262 e. The van der Waals surface area contributed by atoms with Gasteiger partial charge in [-0.3, -0.25) is 18.4 Å². The fourth-order valence-corrected chi connectivity index (χ4v) is 2.68. The van der Waals surface area contributed by atoms with Gasteiger partial charge in [0.2, 0.25) is 5.91 Å². The molecule has 8 heteroatoms. The van der Waals surface area contributed by atoms with Crippen LogP contribution in [0.2, 0.25) is 0 Å². The van der Waals surface area contributed by atoms with Crippen LogP contribution in [0.5, 0.6) is 0 Å². The number of carbonyl (C=O) groups is 1. The van der Waals surface area contributed by atoms with Crippen molar-refractivity contribution in [3.8, 4) is 0 Å². The lowest BCUT2D eigenvalue weighted by Gasteiger charge is -2.11. The lowest BCUT2D eigenvalue weighted by Crippen LogP contribution is -2.34. The number of H-pyrrole nitrogens is 1. The minimum atomic E-state index is -0.981. The molecule has 0 bridgehead atoms. The Bertz CT molecular complexity index is 857. The van der Waals surface area contributed by atoms with Crippen LogP contribution in [-0.4, -0.2) is 37.7 Å². The van der Waals surface area contributed by atoms with Gasteiger partial charge in [0.05, 0.1) is 10.9 Å². The summed E-state index contributed by atoms with van der Waals surface area (Å²) in [5.74, 6) is -0.197. The highest BCUT2D eigenvalue weighted by molar-refractivity contribution is 7.84. The summed E-state index contributed by atoms with van der Waals surface area (Å²) in [6.07, 6.45) is 1.74. The summed E-state index contributed by atoms with van der Waals surface area (Å²) in [5, 5.41) is 3.15. The number of amides is 1. The third kappa shape index (κ3) is 4.35. The van der Waals surface area contributed by atoms with Gasteiger partial charge in [0.15, 0.2) is 4.77 Å². The molecule has 0 unspecified atom stereocenters. The van der Waals surface area contributed by atoms with E-state index >= 15 is 0 Å². The zero-order valence-corrected chi connectivity index (χ0v) is 14.6. The maximum atomic E-state index is 12.4. The summed E-state index contributed by atoms with van der Waals surface area (Å²) in [4.78, 5) is 27.3. The fraction of sp³-hybridized carbons (Fsp3) is 0.400. The molecule has 0 spiro atoms. The van der Waals surface area contributed by atoms with E-state index in [0.717, 1.165) is 0 Å². The van der Waals surface area contributed by atoms with Crippen LogP contribution in [0.4, 0.5) is 0 Å². The van der Waals surface area contributed by atoms with E-state index in [4.69, 9.17) is 12.2 Å². The largest absolute Gasteiger partial charge is 0.355 e. The van der Waals surface area contributed by atoms with Crippen LogP contribution >= 0.6 is 12.2 Å². The zero-order chi connectivity index (χ0) is 17.0. The van der Waals surface area contributed by atoms with Crippen molar-refractivity contribution in [2.24, 2.45) is 0 Å². The van der Waals surface area contributed by atoms with Crippen LogP contribution in [0.1, 0.15) is 13.3 Å². The van der Waals surface area contributed by atoms with Crippen molar-refractivity contribution in [1.29, 1.82) is 0 Å². The van der Waals surface area contributed by atoms with E-state index in [1.54, 1.807) is 31.4 Å². The van der Waals surface area contributed by atoms with Gasteiger partial charge >= 0.3 is 0 Å². The van der Waals surface area contributed by atoms with Crippen LogP contribution in [0, 0.1) is 4.77 Å². The lowest BCUT2D eigenvalue weighted by atomic mass is 10.2. The summed E-state index contributed by atoms with van der Waals surface area (Å²) < 4.78 is 12.9. The molecule has 0 saturated heterocycles. The highest BCUT2D eigenvalue weighted by atomic mass is 32.2. The molecule has 2 rings (SSSR count). The normalized spacial score (nSPS) is 13.7. The highest BCUT2D eigenvalue weighted by Crippen LogP contribution is 2.06. The van der Waals surface area contributed by atoms with Crippen molar-refractivity contribution >= 4 is 39.8 Å². The first kappa shape index (κ1) is 17.6. The summed E-state index contributed by atoms with van der Waals surface area (Å²) in [6.45, 7) is 2.36. The number of nitrogens with one attached hydrogen (secondary N) is 2. The molecule has 2 aromatic rings. The minimum Gasteiger partial charge on any atom is -0.355 e. The van der Waals surface area contributed by atoms with Gasteiger partial charge in [-0.05, 0) is 31.3 Å². The van der Waals surface area contributed by atoms with E-state index in [2.05, 4.69) is 10.3 Å². The molecule has 2 N–H and O–H groups in total. The van der Waals surface area contributed by atoms with Gasteiger partial charge in [0.1, 0.15) is 0 Å². The summed E-state index contributed by atoms with van der Waals surface area (Å²) in [7, 11) is -0.981. The molecule has 124 valence electrons. The van der Waals surface area contributed by atoms with E-state index in [1.165, 1.54) is 4.57 Å². The first-order valence-corrected chi connectivity index (χ1v) is 9.24. The number of hydrogen-bond donors (Lipinski definition) is 2. The van der Waals surface area contributed by atoms with Gasteiger partial charge in [-0.25, -0.2) is 0 Å². The summed E-state index contributed by atoms with van der Waals surface area (Å²) in [6, 6.07) is 7.11. The number of carbonyl (C=O) groups excluding carboxylic acids is 1. The quantitative estimate of drug-likeness (QED) is 0.768. The Morgan fingerprint density at radius 3 is 2.83 bits per heavy atom. The number of nitrogens with zero attached hydrogens (tertiary/aromatic N) is 1. The Morgan fingerprint density at radius 2 is 2.13 bits per heavy atom. The predicted octanol–water partition coefficient (Wildman–Crippen LogP) is 1.33. The number of aromatic nitrogens is 2. The Labute approximate surface area is 141 Å². The van der Waals surface area contributed by atoms with E-state index in [0.29, 0.717) is 22.2 Å². The number of aromatic amines is 1. The molecule has 0 aliphatic heterocycles. The molecule has 0 fully saturated rings. The van der Waals surface area contributed by atoms with Gasteiger partial charge in [-0.2, -0.15) is 0 Å². The number of benzene rings is 1. The Kier molecular flexibility index (Phi) is 5.84. The van der Waals surface area contributed by atoms with E-state index in [1.807, 2.05) is 6.07 Å². The highest BCUT2D eigenvalue weighted by Gasteiger charge is 2.10. The topological polar surface area (TPSA) is 84.0 Å². The average Bonchev–Trinajstić information content (AvgIpc) is 2.52. The predicted molar refractivity (Wildman–Crippen MR) is 94.5 cm³/mol. The molecule has 1 aromatic heterocycles. The second-order valence-electron chi connectivity index (χ2n) is 5.30. The zero-order valence-electron chi connectivity index (χ0n) is 13.0. The minimum absolute atomic E-state index is 0.106. The SMILES string of the molecule is C[C@@H](CNC(=O)CCn1c(=S)[nH]c2ccccc2c1=O)[S@@](C)=O. The second-order valence-corrected chi connectivity index (χ2v) is 7.48. The molecule has 0 radical (unpaired) electrons. The molecule has 1 heterocycles. The first-order valence-electron chi connectivity index (χ1n) is 7.21. The smallest absolute Gasteiger partial charge is 0.262 e. The molecular weight excluding hydrogens is 334 g/mol. The van der Waals surface area contributed by atoms with Crippen molar-refractivity contribution in [1.82, 2.24) is 14.9 Å². The third-order valence-corrected chi connectivity index (χ3v) is 5.23. The summed E-state index contributed by atoms with van der Waals surface area (Å²) >= 11 is 5.19. The number of rotatable bonds is 6. The molecule has 0 aliphatic rings. The van der Waals surface area contributed by atoms with Crippen molar-refractivity contribution in [3.05, 3.63) is 39.4 Å². The molecular formula is C15H19N3O3S2. The molecule has 6 nitrogen and oxygen atoms in total. The average molecular weight is 353 g/mol. The second kappa shape index (κ2) is 7.65. The van der Waals surface area contributed by atoms with Crippen LogP contribution in [0.25, 0.3) is 10.9 Å². The Hall–Kier alpha value is -1.80. The molecule has 1 amide bonds. The number of hydrogen-bond acceptors (Lipinski definition) is 4. The van der Waals surface area contributed by atoms with E-state index < -0.39 is 10.8 Å². The van der Waals surface area contributed by atoms with Crippen molar-refractivity contribution < 1.29 is 9.00 Å². The number of fused-ring (bicyclic) bond motifs is 1. The van der Waals surface area contributed by atoms with Gasteiger partial charge in [0.25, 0.3) is 5.56 Å². The lowest BCUT2D eigenvalue weighted by molar-refractivity contribution is -0.121. The van der Waals surface area contributed by atoms with E-state index in [9.17, 15) is 13.8 Å². The maximum absolute atomic E-state index is 12.4. The molecule has 0 aliphatic carbocycles. The molecule has 1 aromatic carbocycles. The molecule has 2 atom stereocenters. The van der Waals surface area contributed by atoms with Crippen LogP contribution in [0.15, 0.2) is 29.1 Å². The standard InChI is InChI=1S/C15H19N3O3S2/c1-10(23(2)21)9-16-13(19)7-8-18-14(20)11-5-3-4-6-12(11)17-15(18)22/h3-6,10H,7-9H2,1-2H3,(H,16,19)(H,17,22)/t10-,23+/m0/s1. The van der Waals surface area contributed by atoms with Crippen molar-refractivity contribution in [2.45, 2.75) is 25.1 Å². The third-order valence-electron chi connectivity index (χ3n) is 3.61. The molecule has 23 heavy (non-hydrogen) atoms. The first-order chi connectivity index (χ1) is 10.9. The fourth-order valence-electron chi connectivity index (χ4n) is 2.08. The monoisotopic (exact) mass is 353 g/mol. The van der Waals surface area contributed by atoms with Gasteiger partial charge in [-0.15, -0.1) is 0 Å². The van der Waals surface area contributed by atoms with Crippen LogP contribution < -0.4 is 10.9 Å². The Morgan fingerprint density at radius 1 is 1.43 bits per heavy atom. The van der Waals surface area contributed by atoms with Crippen molar-refractivity contribution in [3.63, 3.8) is 0 Å². The number of para-hydroxylation sites is 1. The van der Waals surface area contributed by atoms with Gasteiger partial charge in [0, 0.05) is 41.8 Å². The molecule has 0 saturated carbocycles. The van der Waals surface area contributed by atoms with Gasteiger partial charge < -0.3 is 10.3 Å². The van der Waals surface area contributed by atoms with Crippen LogP contribution in [0.3, 0.4) is 0 Å². The van der Waals surface area contributed by atoms with Crippen LogP contribution in [-0.2, 0) is 22.1 Å².